The second-order valence-corrected chi connectivity index (χ2v) is 4.84. The van der Waals surface area contributed by atoms with Crippen molar-refractivity contribution in [1.82, 2.24) is 14.4 Å². The van der Waals surface area contributed by atoms with E-state index in [0.29, 0.717) is 15.7 Å². The van der Waals surface area contributed by atoms with Gasteiger partial charge in [0, 0.05) is 24.7 Å². The number of aromatic nitrogens is 3. The molecule has 0 atom stereocenters. The first-order valence-electron chi connectivity index (χ1n) is 5.59. The number of rotatable bonds is 2. The molecule has 0 aliphatic heterocycles. The third-order valence-corrected chi connectivity index (χ3v) is 2.94. The van der Waals surface area contributed by atoms with Crippen LogP contribution in [0.4, 0.5) is 0 Å². The van der Waals surface area contributed by atoms with Crippen LogP contribution in [0.25, 0.3) is 5.65 Å². The molecule has 7 heteroatoms. The van der Waals surface area contributed by atoms with Gasteiger partial charge in [0.1, 0.15) is 5.65 Å². The third-order valence-electron chi connectivity index (χ3n) is 2.51. The summed E-state index contributed by atoms with van der Waals surface area (Å²) in [7, 11) is 0. The molecule has 3 aromatic rings. The van der Waals surface area contributed by atoms with Crippen molar-refractivity contribution < 1.29 is 9.53 Å². The molecule has 0 bridgehead atoms. The van der Waals surface area contributed by atoms with Gasteiger partial charge in [-0.1, -0.05) is 23.2 Å². The summed E-state index contributed by atoms with van der Waals surface area (Å²) >= 11 is 11.6. The predicted molar refractivity (Wildman–Crippen MR) is 74.4 cm³/mol. The highest BCUT2D eigenvalue weighted by molar-refractivity contribution is 6.30. The van der Waals surface area contributed by atoms with Crippen LogP contribution in [-0.2, 0) is 0 Å². The molecule has 3 heterocycles. The summed E-state index contributed by atoms with van der Waals surface area (Å²) in [6, 6.07) is 4.90. The van der Waals surface area contributed by atoms with E-state index < -0.39 is 5.97 Å². The van der Waals surface area contributed by atoms with Gasteiger partial charge in [-0.25, -0.2) is 9.78 Å². The summed E-state index contributed by atoms with van der Waals surface area (Å²) in [6.07, 6.45) is 6.05. The van der Waals surface area contributed by atoms with Gasteiger partial charge in [-0.15, -0.1) is 0 Å². The first kappa shape index (κ1) is 12.9. The fraction of sp³-hybridized carbons (Fsp3) is 0. The largest absolute Gasteiger partial charge is 0.420 e. The number of fused-ring (bicyclic) bond motifs is 1. The average Bonchev–Trinajstić information content (AvgIpc) is 2.81. The van der Waals surface area contributed by atoms with Crippen LogP contribution >= 0.6 is 23.2 Å². The van der Waals surface area contributed by atoms with Crippen molar-refractivity contribution in [2.75, 3.05) is 0 Å². The van der Waals surface area contributed by atoms with Crippen molar-refractivity contribution in [2.45, 2.75) is 0 Å². The van der Waals surface area contributed by atoms with Gasteiger partial charge in [-0.2, -0.15) is 0 Å². The number of ether oxygens (including phenoxy) is 1. The summed E-state index contributed by atoms with van der Waals surface area (Å²) in [5, 5.41) is 0.936. The fourth-order valence-corrected chi connectivity index (χ4v) is 2.00. The number of carbonyl (C=O) groups excluding carboxylic acids is 1. The Labute approximate surface area is 123 Å². The molecular formula is C13H7Cl2N3O2. The Kier molecular flexibility index (Phi) is 3.30. The van der Waals surface area contributed by atoms with Crippen LogP contribution in [0.3, 0.4) is 0 Å². The number of carbonyl (C=O) groups is 1. The molecule has 0 aliphatic carbocycles. The second-order valence-electron chi connectivity index (χ2n) is 3.97. The van der Waals surface area contributed by atoms with Crippen LogP contribution in [0, 0.1) is 0 Å². The summed E-state index contributed by atoms with van der Waals surface area (Å²) in [4.78, 5) is 20.0. The highest BCUT2D eigenvalue weighted by atomic mass is 35.5. The monoisotopic (exact) mass is 307 g/mol. The Morgan fingerprint density at radius 1 is 1.15 bits per heavy atom. The van der Waals surface area contributed by atoms with Crippen LogP contribution in [0.5, 0.6) is 5.75 Å². The van der Waals surface area contributed by atoms with E-state index in [1.807, 2.05) is 0 Å². The Balaban J connectivity index is 1.88. The number of halogens is 2. The van der Waals surface area contributed by atoms with Crippen LogP contribution in [0.15, 0.2) is 43.0 Å². The van der Waals surface area contributed by atoms with Crippen molar-refractivity contribution in [3.63, 3.8) is 0 Å². The zero-order chi connectivity index (χ0) is 14.1. The molecule has 0 saturated carbocycles. The predicted octanol–water partition coefficient (Wildman–Crippen LogP) is 3.26. The van der Waals surface area contributed by atoms with E-state index >= 15 is 0 Å². The van der Waals surface area contributed by atoms with Crippen molar-refractivity contribution in [1.29, 1.82) is 0 Å². The molecule has 0 fully saturated rings. The molecule has 0 N–H and O–H groups in total. The molecule has 0 unspecified atom stereocenters. The van der Waals surface area contributed by atoms with E-state index in [4.69, 9.17) is 27.9 Å². The molecular weight excluding hydrogens is 301 g/mol. The third kappa shape index (κ3) is 2.59. The first-order valence-corrected chi connectivity index (χ1v) is 6.34. The van der Waals surface area contributed by atoms with Crippen LogP contribution in [0.2, 0.25) is 10.0 Å². The smallest absolute Gasteiger partial charge is 0.364 e. The van der Waals surface area contributed by atoms with Gasteiger partial charge in [-0.3, -0.25) is 4.98 Å². The summed E-state index contributed by atoms with van der Waals surface area (Å²) < 4.78 is 6.79. The van der Waals surface area contributed by atoms with Crippen molar-refractivity contribution in [2.24, 2.45) is 0 Å². The van der Waals surface area contributed by atoms with Gasteiger partial charge in [0.2, 0.25) is 0 Å². The molecule has 0 saturated heterocycles. The van der Waals surface area contributed by atoms with E-state index in [1.165, 1.54) is 18.5 Å². The normalized spacial score (nSPS) is 10.7. The quantitative estimate of drug-likeness (QED) is 0.682. The molecule has 20 heavy (non-hydrogen) atoms. The van der Waals surface area contributed by atoms with Gasteiger partial charge < -0.3 is 9.14 Å². The number of nitrogens with zero attached hydrogens (tertiary/aromatic N) is 3. The topological polar surface area (TPSA) is 56.5 Å². The molecule has 100 valence electrons. The summed E-state index contributed by atoms with van der Waals surface area (Å²) in [6.45, 7) is 0. The maximum absolute atomic E-state index is 12.0. The minimum atomic E-state index is -0.589. The lowest BCUT2D eigenvalue weighted by atomic mass is 10.4. The van der Waals surface area contributed by atoms with E-state index in [9.17, 15) is 4.79 Å². The number of imidazole rings is 1. The summed E-state index contributed by atoms with van der Waals surface area (Å²) in [5.74, 6) is -0.327. The lowest BCUT2D eigenvalue weighted by Gasteiger charge is -2.01. The number of esters is 1. The summed E-state index contributed by atoms with van der Waals surface area (Å²) in [5.41, 5.74) is 0.776. The number of hydrogen-bond donors (Lipinski definition) is 0. The van der Waals surface area contributed by atoms with Gasteiger partial charge in [-0.05, 0) is 12.1 Å². The molecule has 3 rings (SSSR count). The second kappa shape index (κ2) is 5.11. The van der Waals surface area contributed by atoms with Crippen molar-refractivity contribution in [3.8, 4) is 5.75 Å². The van der Waals surface area contributed by atoms with Gasteiger partial charge >= 0.3 is 5.97 Å². The molecule has 3 aromatic heterocycles. The SMILES string of the molecule is O=C(Oc1cncc(Cl)c1)c1cn2cc(Cl)ccc2n1. The molecule has 0 spiro atoms. The van der Waals surface area contributed by atoms with Crippen LogP contribution < -0.4 is 4.74 Å². The van der Waals surface area contributed by atoms with Crippen LogP contribution in [-0.4, -0.2) is 20.3 Å². The minimum Gasteiger partial charge on any atom is -0.420 e. The van der Waals surface area contributed by atoms with Crippen molar-refractivity contribution >= 4 is 34.8 Å². The number of hydrogen-bond acceptors (Lipinski definition) is 4. The standard InChI is InChI=1S/C13H7Cl2N3O2/c14-8-1-2-12-17-11(7-18(12)6-8)13(19)20-10-3-9(15)4-16-5-10/h1-7H. The Morgan fingerprint density at radius 2 is 2.00 bits per heavy atom. The van der Waals surface area contributed by atoms with Gasteiger partial charge in [0.05, 0.1) is 16.2 Å². The van der Waals surface area contributed by atoms with E-state index in [0.717, 1.165) is 0 Å². The Hall–Kier alpha value is -2.11. The Bertz CT molecular complexity index is 801. The fourth-order valence-electron chi connectivity index (χ4n) is 1.67. The Morgan fingerprint density at radius 3 is 2.80 bits per heavy atom. The lowest BCUT2D eigenvalue weighted by molar-refractivity contribution is 0.0728. The highest BCUT2D eigenvalue weighted by Gasteiger charge is 2.13. The molecule has 0 radical (unpaired) electrons. The molecule has 0 amide bonds. The maximum Gasteiger partial charge on any atom is 0.364 e. The number of pyridine rings is 2. The zero-order valence-electron chi connectivity index (χ0n) is 9.96. The maximum atomic E-state index is 12.0. The van der Waals surface area contributed by atoms with Crippen LogP contribution in [0.1, 0.15) is 10.5 Å². The lowest BCUT2D eigenvalue weighted by Crippen LogP contribution is -2.08. The first-order chi connectivity index (χ1) is 9.61. The van der Waals surface area contributed by atoms with Gasteiger partial charge in [0.25, 0.3) is 0 Å². The van der Waals surface area contributed by atoms with Crippen molar-refractivity contribution in [3.05, 3.63) is 58.7 Å². The average molecular weight is 308 g/mol. The molecule has 5 nitrogen and oxygen atoms in total. The van der Waals surface area contributed by atoms with E-state index in [-0.39, 0.29) is 11.4 Å². The minimum absolute atomic E-state index is 0.173. The van der Waals surface area contributed by atoms with E-state index in [2.05, 4.69) is 9.97 Å². The highest BCUT2D eigenvalue weighted by Crippen LogP contribution is 2.17. The van der Waals surface area contributed by atoms with E-state index in [1.54, 1.807) is 28.9 Å². The zero-order valence-corrected chi connectivity index (χ0v) is 11.5. The molecule has 0 aromatic carbocycles. The van der Waals surface area contributed by atoms with Gasteiger partial charge in [0.15, 0.2) is 11.4 Å². The molecule has 0 aliphatic rings.